The van der Waals surface area contributed by atoms with Gasteiger partial charge in [0.25, 0.3) is 5.91 Å². The summed E-state index contributed by atoms with van der Waals surface area (Å²) in [7, 11) is 1.59. The topological polar surface area (TPSA) is 46.6 Å². The molecule has 4 nitrogen and oxygen atoms in total. The second-order valence-electron chi connectivity index (χ2n) is 5.36. The van der Waals surface area contributed by atoms with Gasteiger partial charge in [-0.1, -0.05) is 42.2 Å². The van der Waals surface area contributed by atoms with Crippen LogP contribution in [0, 0.1) is 0 Å². The highest BCUT2D eigenvalue weighted by molar-refractivity contribution is 8.27. The number of thiocarbonyl (C=S) groups is 1. The van der Waals surface area contributed by atoms with Crippen molar-refractivity contribution in [3.63, 3.8) is 0 Å². The summed E-state index contributed by atoms with van der Waals surface area (Å²) < 4.78 is 5.78. The van der Waals surface area contributed by atoms with Crippen LogP contribution in [0.5, 0.6) is 5.75 Å². The quantitative estimate of drug-likeness (QED) is 0.457. The van der Waals surface area contributed by atoms with Crippen LogP contribution in [0.25, 0.3) is 6.08 Å². The summed E-state index contributed by atoms with van der Waals surface area (Å²) >= 11 is 6.62. The first-order valence-electron chi connectivity index (χ1n) is 7.53. The van der Waals surface area contributed by atoms with E-state index < -0.39 is 0 Å². The first-order valence-corrected chi connectivity index (χ1v) is 8.75. The summed E-state index contributed by atoms with van der Waals surface area (Å²) in [4.78, 5) is 26.2. The van der Waals surface area contributed by atoms with Crippen LogP contribution in [0.15, 0.2) is 53.4 Å². The standard InChI is InChI=1S/C19H15NO3S2/c1-12(21)13-7-9-15(10-8-13)20-18(22)17(25-19(20)24)11-14-5-3-4-6-16(14)23-2/h3-11H,1-2H3. The molecule has 0 atom stereocenters. The van der Waals surface area contributed by atoms with Crippen molar-refractivity contribution in [3.8, 4) is 5.75 Å². The van der Waals surface area contributed by atoms with Gasteiger partial charge in [-0.15, -0.1) is 0 Å². The number of Topliss-reactive ketones (excluding diaryl/α,β-unsaturated/α-hetero) is 1. The molecule has 0 N–H and O–H groups in total. The van der Waals surface area contributed by atoms with Crippen molar-refractivity contribution in [1.29, 1.82) is 0 Å². The number of anilines is 1. The molecule has 1 aliphatic rings. The molecule has 0 aliphatic carbocycles. The second-order valence-corrected chi connectivity index (χ2v) is 7.04. The second kappa shape index (κ2) is 7.21. The molecule has 25 heavy (non-hydrogen) atoms. The van der Waals surface area contributed by atoms with Crippen LogP contribution in [-0.2, 0) is 4.79 Å². The molecule has 1 heterocycles. The highest BCUT2D eigenvalue weighted by atomic mass is 32.2. The SMILES string of the molecule is COc1ccccc1C=C1SC(=S)N(c2ccc(C(C)=O)cc2)C1=O. The number of rotatable bonds is 4. The fourth-order valence-corrected chi connectivity index (χ4v) is 3.75. The van der Waals surface area contributed by atoms with Crippen molar-refractivity contribution >= 4 is 51.8 Å². The normalized spacial score (nSPS) is 15.8. The predicted octanol–water partition coefficient (Wildman–Crippen LogP) is 4.30. The summed E-state index contributed by atoms with van der Waals surface area (Å²) in [6.07, 6.45) is 1.78. The van der Waals surface area contributed by atoms with Crippen molar-refractivity contribution < 1.29 is 14.3 Å². The Morgan fingerprint density at radius 1 is 1.16 bits per heavy atom. The minimum Gasteiger partial charge on any atom is -0.496 e. The van der Waals surface area contributed by atoms with Crippen LogP contribution in [0.3, 0.4) is 0 Å². The Labute approximate surface area is 155 Å². The number of carbonyl (C=O) groups excluding carboxylic acids is 2. The number of ketones is 1. The third-order valence-electron chi connectivity index (χ3n) is 3.75. The molecule has 2 aromatic carbocycles. The zero-order valence-corrected chi connectivity index (χ0v) is 15.3. The zero-order chi connectivity index (χ0) is 18.0. The van der Waals surface area contributed by atoms with Gasteiger partial charge in [0.1, 0.15) is 5.75 Å². The molecule has 126 valence electrons. The summed E-state index contributed by atoms with van der Waals surface area (Å²) in [6.45, 7) is 1.50. The molecule has 0 aromatic heterocycles. The third-order valence-corrected chi connectivity index (χ3v) is 5.05. The molecule has 1 fully saturated rings. The number of nitrogens with zero attached hydrogens (tertiary/aromatic N) is 1. The minimum atomic E-state index is -0.184. The summed E-state index contributed by atoms with van der Waals surface area (Å²) in [5.74, 6) is 0.489. The van der Waals surface area contributed by atoms with Crippen molar-refractivity contribution in [3.05, 3.63) is 64.6 Å². The van der Waals surface area contributed by atoms with E-state index in [1.807, 2.05) is 24.3 Å². The molecular weight excluding hydrogens is 354 g/mol. The Bertz CT molecular complexity index is 888. The van der Waals surface area contributed by atoms with Crippen LogP contribution in [0.2, 0.25) is 0 Å². The lowest BCUT2D eigenvalue weighted by Crippen LogP contribution is -2.27. The first kappa shape index (κ1) is 17.4. The molecule has 0 saturated carbocycles. The number of hydrogen-bond acceptors (Lipinski definition) is 5. The van der Waals surface area contributed by atoms with Gasteiger partial charge >= 0.3 is 0 Å². The summed E-state index contributed by atoms with van der Waals surface area (Å²) in [5, 5.41) is 0. The maximum absolute atomic E-state index is 12.8. The van der Waals surface area contributed by atoms with Gasteiger partial charge in [-0.2, -0.15) is 0 Å². The lowest BCUT2D eigenvalue weighted by Gasteiger charge is -2.14. The number of methoxy groups -OCH3 is 1. The number of thioether (sulfide) groups is 1. The van der Waals surface area contributed by atoms with Crippen LogP contribution in [-0.4, -0.2) is 23.1 Å². The molecule has 0 radical (unpaired) electrons. The van der Waals surface area contributed by atoms with Gasteiger partial charge in [0.15, 0.2) is 10.1 Å². The van der Waals surface area contributed by atoms with Gasteiger partial charge in [-0.05, 0) is 43.3 Å². The van der Waals surface area contributed by atoms with Crippen LogP contribution < -0.4 is 9.64 Å². The Kier molecular flexibility index (Phi) is 5.01. The Morgan fingerprint density at radius 2 is 1.84 bits per heavy atom. The van der Waals surface area contributed by atoms with E-state index in [0.717, 1.165) is 5.56 Å². The molecule has 1 aliphatic heterocycles. The average Bonchev–Trinajstić information content (AvgIpc) is 2.89. The monoisotopic (exact) mass is 369 g/mol. The van der Waals surface area contributed by atoms with Gasteiger partial charge < -0.3 is 4.74 Å². The van der Waals surface area contributed by atoms with E-state index in [2.05, 4.69) is 0 Å². The number of ether oxygens (including phenoxy) is 1. The molecule has 3 rings (SSSR count). The van der Waals surface area contributed by atoms with Crippen molar-refractivity contribution in [2.45, 2.75) is 6.92 Å². The summed E-state index contributed by atoms with van der Waals surface area (Å²) in [5.41, 5.74) is 2.06. The Morgan fingerprint density at radius 3 is 2.48 bits per heavy atom. The Balaban J connectivity index is 1.92. The maximum Gasteiger partial charge on any atom is 0.270 e. The van der Waals surface area contributed by atoms with E-state index in [0.29, 0.717) is 26.2 Å². The summed E-state index contributed by atoms with van der Waals surface area (Å²) in [6, 6.07) is 14.3. The zero-order valence-electron chi connectivity index (χ0n) is 13.7. The van der Waals surface area contributed by atoms with E-state index in [1.54, 1.807) is 37.5 Å². The molecule has 1 saturated heterocycles. The van der Waals surface area contributed by atoms with E-state index in [1.165, 1.54) is 23.6 Å². The van der Waals surface area contributed by atoms with Crippen LogP contribution >= 0.6 is 24.0 Å². The van der Waals surface area contributed by atoms with Gasteiger partial charge in [0.2, 0.25) is 0 Å². The molecular formula is C19H15NO3S2. The lowest BCUT2D eigenvalue weighted by molar-refractivity contribution is -0.113. The fourth-order valence-electron chi connectivity index (χ4n) is 2.46. The molecule has 0 spiro atoms. The molecule has 1 amide bonds. The average molecular weight is 369 g/mol. The lowest BCUT2D eigenvalue weighted by atomic mass is 10.1. The minimum absolute atomic E-state index is 0.0204. The van der Waals surface area contributed by atoms with E-state index >= 15 is 0 Å². The van der Waals surface area contributed by atoms with E-state index in [9.17, 15) is 9.59 Å². The number of hydrogen-bond donors (Lipinski definition) is 0. The fraction of sp³-hybridized carbons (Fsp3) is 0.105. The number of benzene rings is 2. The number of amides is 1. The van der Waals surface area contributed by atoms with Crippen molar-refractivity contribution in [2.24, 2.45) is 0 Å². The Hall–Kier alpha value is -2.44. The van der Waals surface area contributed by atoms with Gasteiger partial charge in [-0.25, -0.2) is 0 Å². The van der Waals surface area contributed by atoms with Crippen molar-refractivity contribution in [1.82, 2.24) is 0 Å². The molecule has 2 aromatic rings. The van der Waals surface area contributed by atoms with E-state index in [4.69, 9.17) is 17.0 Å². The smallest absolute Gasteiger partial charge is 0.270 e. The van der Waals surface area contributed by atoms with E-state index in [-0.39, 0.29) is 11.7 Å². The van der Waals surface area contributed by atoms with Gasteiger partial charge in [0, 0.05) is 11.1 Å². The van der Waals surface area contributed by atoms with Crippen LogP contribution in [0.4, 0.5) is 5.69 Å². The predicted molar refractivity (Wildman–Crippen MR) is 105 cm³/mol. The highest BCUT2D eigenvalue weighted by Gasteiger charge is 2.33. The number of carbonyl (C=O) groups is 2. The maximum atomic E-state index is 12.8. The van der Waals surface area contributed by atoms with Gasteiger partial charge in [-0.3, -0.25) is 14.5 Å². The third kappa shape index (κ3) is 3.50. The largest absolute Gasteiger partial charge is 0.496 e. The van der Waals surface area contributed by atoms with Crippen LogP contribution in [0.1, 0.15) is 22.8 Å². The molecule has 0 bridgehead atoms. The number of para-hydroxylation sites is 1. The van der Waals surface area contributed by atoms with Crippen molar-refractivity contribution in [2.75, 3.05) is 12.0 Å². The first-order chi connectivity index (χ1) is 12.0. The van der Waals surface area contributed by atoms with Gasteiger partial charge in [0.05, 0.1) is 17.7 Å². The highest BCUT2D eigenvalue weighted by Crippen LogP contribution is 2.37. The molecule has 6 heteroatoms. The molecule has 0 unspecified atom stereocenters.